The predicted molar refractivity (Wildman–Crippen MR) is 89.5 cm³/mol. The van der Waals surface area contributed by atoms with E-state index in [0.29, 0.717) is 11.4 Å². The lowest BCUT2D eigenvalue weighted by Gasteiger charge is -2.10. The Kier molecular flexibility index (Phi) is 5.46. The summed E-state index contributed by atoms with van der Waals surface area (Å²) in [4.78, 5) is 13.5. The second-order valence-corrected chi connectivity index (χ2v) is 7.25. The molecule has 0 aliphatic carbocycles. The topological polar surface area (TPSA) is 34.9 Å². The molecule has 1 heterocycles. The Balaban J connectivity index is 2.13. The van der Waals surface area contributed by atoms with Gasteiger partial charge in [-0.15, -0.1) is 11.8 Å². The number of ketones is 1. The molecule has 1 aromatic carbocycles. The maximum absolute atomic E-state index is 12.4. The lowest BCUT2D eigenvalue weighted by Crippen LogP contribution is -2.14. The van der Waals surface area contributed by atoms with Crippen molar-refractivity contribution in [2.45, 2.75) is 24.8 Å². The van der Waals surface area contributed by atoms with E-state index < -0.39 is 0 Å². The number of thioether (sulfide) groups is 1. The molecule has 0 radical (unpaired) electrons. The molecular formula is C14H14Br2N2OS. The molecular weight excluding hydrogens is 404 g/mol. The van der Waals surface area contributed by atoms with Crippen LogP contribution in [0.1, 0.15) is 30.4 Å². The Morgan fingerprint density at radius 1 is 1.30 bits per heavy atom. The minimum absolute atomic E-state index is 0.0730. The highest BCUT2D eigenvalue weighted by Gasteiger charge is 2.19. The van der Waals surface area contributed by atoms with Gasteiger partial charge < -0.3 is 0 Å². The first-order chi connectivity index (χ1) is 9.50. The van der Waals surface area contributed by atoms with Crippen LogP contribution in [0.15, 0.2) is 44.3 Å². The van der Waals surface area contributed by atoms with Gasteiger partial charge in [-0.2, -0.15) is 5.10 Å². The number of carbonyl (C=O) groups is 1. The zero-order valence-corrected chi connectivity index (χ0v) is 15.1. The number of nitrogens with zero attached hydrogens (tertiary/aromatic N) is 2. The number of aromatic nitrogens is 2. The third kappa shape index (κ3) is 3.54. The van der Waals surface area contributed by atoms with Gasteiger partial charge in [0.1, 0.15) is 5.69 Å². The van der Waals surface area contributed by atoms with E-state index in [2.05, 4.69) is 37.0 Å². The van der Waals surface area contributed by atoms with Gasteiger partial charge in [-0.05, 0) is 57.8 Å². The van der Waals surface area contributed by atoms with Crippen molar-refractivity contribution >= 4 is 49.4 Å². The van der Waals surface area contributed by atoms with E-state index in [9.17, 15) is 4.79 Å². The summed E-state index contributed by atoms with van der Waals surface area (Å²) in [5.41, 5.74) is 0.638. The average Bonchev–Trinajstić information content (AvgIpc) is 2.79. The van der Waals surface area contributed by atoms with Crippen LogP contribution in [0.5, 0.6) is 0 Å². The molecule has 106 valence electrons. The summed E-state index contributed by atoms with van der Waals surface area (Å²) in [5, 5.41) is 4.24. The number of benzene rings is 1. The molecule has 0 atom stereocenters. The highest BCUT2D eigenvalue weighted by molar-refractivity contribution is 9.10. The summed E-state index contributed by atoms with van der Waals surface area (Å²) in [6, 6.07) is 8.05. The first-order valence-corrected chi connectivity index (χ1v) is 8.71. The van der Waals surface area contributed by atoms with Crippen LogP contribution in [-0.2, 0) is 0 Å². The van der Waals surface area contributed by atoms with Gasteiger partial charge in [-0.3, -0.25) is 9.48 Å². The quantitative estimate of drug-likeness (QED) is 0.509. The van der Waals surface area contributed by atoms with Crippen molar-refractivity contribution in [3.05, 3.63) is 45.1 Å². The second kappa shape index (κ2) is 6.91. The van der Waals surface area contributed by atoms with E-state index in [1.807, 2.05) is 38.1 Å². The average molecular weight is 418 g/mol. The van der Waals surface area contributed by atoms with Crippen molar-refractivity contribution in [1.29, 1.82) is 0 Å². The maximum Gasteiger partial charge on any atom is 0.192 e. The van der Waals surface area contributed by atoms with Crippen molar-refractivity contribution in [2.24, 2.45) is 0 Å². The first-order valence-electron chi connectivity index (χ1n) is 6.14. The van der Waals surface area contributed by atoms with Crippen LogP contribution >= 0.6 is 43.6 Å². The van der Waals surface area contributed by atoms with Gasteiger partial charge in [0.15, 0.2) is 5.78 Å². The number of carbonyl (C=O) groups excluding carboxylic acids is 1. The molecule has 0 fully saturated rings. The van der Waals surface area contributed by atoms with Crippen LogP contribution in [0, 0.1) is 0 Å². The van der Waals surface area contributed by atoms with E-state index in [-0.39, 0.29) is 11.8 Å². The molecule has 0 aliphatic heterocycles. The van der Waals surface area contributed by atoms with E-state index >= 15 is 0 Å². The minimum atomic E-state index is 0.0730. The summed E-state index contributed by atoms with van der Waals surface area (Å²) in [6.45, 7) is 4.02. The standard InChI is InChI=1S/C14H14Br2N2OS/c1-9(2)18-14(11(16)7-17-18)12(19)8-20-13-6-4-3-5-10(13)15/h3-7,9H,8H2,1-2H3. The summed E-state index contributed by atoms with van der Waals surface area (Å²) < 4.78 is 3.52. The van der Waals surface area contributed by atoms with E-state index in [0.717, 1.165) is 13.8 Å². The maximum atomic E-state index is 12.4. The predicted octanol–water partition coefficient (Wildman–Crippen LogP) is 4.96. The van der Waals surface area contributed by atoms with Crippen LogP contribution in [0.4, 0.5) is 0 Å². The lowest BCUT2D eigenvalue weighted by atomic mass is 10.3. The Hall–Kier alpha value is -0.590. The van der Waals surface area contributed by atoms with Crippen LogP contribution in [0.3, 0.4) is 0 Å². The SMILES string of the molecule is CC(C)n1ncc(Br)c1C(=O)CSc1ccccc1Br. The highest BCUT2D eigenvalue weighted by Crippen LogP contribution is 2.29. The van der Waals surface area contributed by atoms with E-state index in [1.165, 1.54) is 11.8 Å². The molecule has 1 aromatic heterocycles. The molecule has 0 saturated heterocycles. The number of Topliss-reactive ketones (excluding diaryl/α,β-unsaturated/α-hetero) is 1. The summed E-state index contributed by atoms with van der Waals surface area (Å²) >= 11 is 8.42. The summed E-state index contributed by atoms with van der Waals surface area (Å²) in [5.74, 6) is 0.462. The Morgan fingerprint density at radius 2 is 2.00 bits per heavy atom. The van der Waals surface area contributed by atoms with Crippen LogP contribution in [0.25, 0.3) is 0 Å². The normalized spacial score (nSPS) is 11.1. The zero-order chi connectivity index (χ0) is 14.7. The molecule has 0 aliphatic rings. The van der Waals surface area contributed by atoms with Crippen LogP contribution in [-0.4, -0.2) is 21.3 Å². The van der Waals surface area contributed by atoms with Gasteiger partial charge in [-0.1, -0.05) is 12.1 Å². The van der Waals surface area contributed by atoms with Gasteiger partial charge in [0.05, 0.1) is 16.4 Å². The monoisotopic (exact) mass is 416 g/mol. The Morgan fingerprint density at radius 3 is 2.65 bits per heavy atom. The van der Waals surface area contributed by atoms with Gasteiger partial charge in [-0.25, -0.2) is 0 Å². The fraction of sp³-hybridized carbons (Fsp3) is 0.286. The van der Waals surface area contributed by atoms with Crippen LogP contribution < -0.4 is 0 Å². The number of hydrogen-bond donors (Lipinski definition) is 0. The smallest absolute Gasteiger partial charge is 0.192 e. The third-order valence-electron chi connectivity index (χ3n) is 2.70. The van der Waals surface area contributed by atoms with Crippen molar-refractivity contribution in [2.75, 3.05) is 5.75 Å². The molecule has 2 aromatic rings. The summed E-state index contributed by atoms with van der Waals surface area (Å²) in [6.07, 6.45) is 1.68. The number of halogens is 2. The fourth-order valence-electron chi connectivity index (χ4n) is 1.77. The molecule has 6 heteroatoms. The van der Waals surface area contributed by atoms with Crippen molar-refractivity contribution in [1.82, 2.24) is 9.78 Å². The molecule has 3 nitrogen and oxygen atoms in total. The van der Waals surface area contributed by atoms with Gasteiger partial charge in [0, 0.05) is 15.4 Å². The number of rotatable bonds is 5. The van der Waals surface area contributed by atoms with Gasteiger partial charge >= 0.3 is 0 Å². The third-order valence-corrected chi connectivity index (χ3v) is 5.31. The second-order valence-electron chi connectivity index (χ2n) is 4.52. The Labute approximate surface area is 139 Å². The van der Waals surface area contributed by atoms with Crippen molar-refractivity contribution in [3.8, 4) is 0 Å². The van der Waals surface area contributed by atoms with Crippen molar-refractivity contribution < 1.29 is 4.79 Å². The molecule has 0 amide bonds. The molecule has 0 spiro atoms. The molecule has 0 bridgehead atoms. The molecule has 0 N–H and O–H groups in total. The Bertz CT molecular complexity index is 625. The molecule has 2 rings (SSSR count). The molecule has 20 heavy (non-hydrogen) atoms. The molecule has 0 unspecified atom stereocenters. The lowest BCUT2D eigenvalue weighted by molar-refractivity contribution is 0.101. The highest BCUT2D eigenvalue weighted by atomic mass is 79.9. The van der Waals surface area contributed by atoms with Gasteiger partial charge in [0.2, 0.25) is 0 Å². The first kappa shape index (κ1) is 15.8. The van der Waals surface area contributed by atoms with E-state index in [1.54, 1.807) is 10.9 Å². The fourth-order valence-corrected chi connectivity index (χ4v) is 3.69. The number of hydrogen-bond acceptors (Lipinski definition) is 3. The minimum Gasteiger partial charge on any atom is -0.291 e. The summed E-state index contributed by atoms with van der Waals surface area (Å²) in [7, 11) is 0. The van der Waals surface area contributed by atoms with E-state index in [4.69, 9.17) is 0 Å². The van der Waals surface area contributed by atoms with Crippen LogP contribution in [0.2, 0.25) is 0 Å². The zero-order valence-electron chi connectivity index (χ0n) is 11.1. The van der Waals surface area contributed by atoms with Gasteiger partial charge in [0.25, 0.3) is 0 Å². The van der Waals surface area contributed by atoms with Crippen molar-refractivity contribution in [3.63, 3.8) is 0 Å². The molecule has 0 saturated carbocycles. The largest absolute Gasteiger partial charge is 0.291 e.